The summed E-state index contributed by atoms with van der Waals surface area (Å²) in [6.45, 7) is 3.15. The molecule has 0 saturated heterocycles. The Morgan fingerprint density at radius 1 is 0.588 bits per heavy atom. The predicted molar refractivity (Wildman–Crippen MR) is 134 cm³/mol. The highest BCUT2D eigenvalue weighted by Crippen LogP contribution is 2.45. The van der Waals surface area contributed by atoms with Gasteiger partial charge in [0, 0.05) is 11.1 Å². The standard InChI is InChI=1S/C28H24N2O4/c1-3-7-21-19(5-1)9-11-23(33-17-25-29-13-15-31-25)27(21)28-22-8-4-2-6-20(22)10-12-24(28)34-18-26-30-14-16-32-26/h1-12H,13-18H2. The SMILES string of the molecule is c1ccc2c(-c3c(OCC4=NCCO4)ccc4ccccc34)c(OCC3=NCCO3)ccc2c1. The number of ether oxygens (including phenoxy) is 4. The Bertz CT molecular complexity index is 1320. The van der Waals surface area contributed by atoms with Crippen molar-refractivity contribution in [2.45, 2.75) is 0 Å². The third kappa shape index (κ3) is 3.92. The number of hydrogen-bond acceptors (Lipinski definition) is 6. The van der Waals surface area contributed by atoms with Gasteiger partial charge in [0.2, 0.25) is 11.8 Å². The molecule has 6 nitrogen and oxygen atoms in total. The summed E-state index contributed by atoms with van der Waals surface area (Å²) in [5.74, 6) is 2.77. The highest BCUT2D eigenvalue weighted by molar-refractivity contribution is 6.09. The summed E-state index contributed by atoms with van der Waals surface area (Å²) in [7, 11) is 0. The van der Waals surface area contributed by atoms with Gasteiger partial charge in [0.1, 0.15) is 24.7 Å². The molecule has 0 spiro atoms. The monoisotopic (exact) mass is 452 g/mol. The van der Waals surface area contributed by atoms with Crippen molar-refractivity contribution in [3.63, 3.8) is 0 Å². The second kappa shape index (κ2) is 9.06. The second-order valence-corrected chi connectivity index (χ2v) is 8.14. The zero-order valence-electron chi connectivity index (χ0n) is 18.7. The lowest BCUT2D eigenvalue weighted by molar-refractivity contribution is 0.292. The van der Waals surface area contributed by atoms with Crippen LogP contribution in [-0.2, 0) is 9.47 Å². The van der Waals surface area contributed by atoms with Gasteiger partial charge >= 0.3 is 0 Å². The molecule has 0 amide bonds. The van der Waals surface area contributed by atoms with Crippen LogP contribution < -0.4 is 9.47 Å². The molecular formula is C28H24N2O4. The van der Waals surface area contributed by atoms with Crippen molar-refractivity contribution in [2.75, 3.05) is 39.5 Å². The average molecular weight is 453 g/mol. The molecule has 0 unspecified atom stereocenters. The van der Waals surface area contributed by atoms with E-state index in [-0.39, 0.29) is 13.2 Å². The summed E-state index contributed by atoms with van der Waals surface area (Å²) >= 11 is 0. The Labute approximate surface area is 197 Å². The molecule has 6 rings (SSSR count). The Balaban J connectivity index is 1.53. The number of hydrogen-bond donors (Lipinski definition) is 0. The van der Waals surface area contributed by atoms with Gasteiger partial charge in [-0.2, -0.15) is 0 Å². The summed E-state index contributed by atoms with van der Waals surface area (Å²) in [5.41, 5.74) is 1.97. The molecule has 2 aliphatic rings. The van der Waals surface area contributed by atoms with Crippen LogP contribution in [0.4, 0.5) is 0 Å². The van der Waals surface area contributed by atoms with Gasteiger partial charge in [0.25, 0.3) is 0 Å². The minimum atomic E-state index is 0.289. The first-order valence-electron chi connectivity index (χ1n) is 11.5. The van der Waals surface area contributed by atoms with Crippen molar-refractivity contribution < 1.29 is 18.9 Å². The summed E-state index contributed by atoms with van der Waals surface area (Å²) in [6.07, 6.45) is 0. The predicted octanol–water partition coefficient (Wildman–Crippen LogP) is 5.28. The van der Waals surface area contributed by atoms with E-state index in [4.69, 9.17) is 18.9 Å². The van der Waals surface area contributed by atoms with Crippen molar-refractivity contribution in [1.29, 1.82) is 0 Å². The van der Waals surface area contributed by atoms with Crippen LogP contribution in [0, 0.1) is 0 Å². The third-order valence-corrected chi connectivity index (χ3v) is 6.03. The molecule has 0 radical (unpaired) electrons. The smallest absolute Gasteiger partial charge is 0.222 e. The highest BCUT2D eigenvalue weighted by Gasteiger charge is 2.21. The van der Waals surface area contributed by atoms with Gasteiger partial charge in [-0.3, -0.25) is 0 Å². The molecule has 4 aromatic carbocycles. The molecule has 6 heteroatoms. The van der Waals surface area contributed by atoms with Gasteiger partial charge in [-0.15, -0.1) is 0 Å². The lowest BCUT2D eigenvalue weighted by Gasteiger charge is -2.19. The number of rotatable bonds is 7. The zero-order chi connectivity index (χ0) is 22.7. The van der Waals surface area contributed by atoms with E-state index < -0.39 is 0 Å². The summed E-state index contributed by atoms with van der Waals surface area (Å²) in [5, 5.41) is 4.43. The number of benzene rings is 4. The maximum absolute atomic E-state index is 6.31. The van der Waals surface area contributed by atoms with Crippen molar-refractivity contribution >= 4 is 33.3 Å². The molecule has 170 valence electrons. The van der Waals surface area contributed by atoms with Crippen LogP contribution in [0.15, 0.2) is 82.8 Å². The van der Waals surface area contributed by atoms with Crippen LogP contribution in [0.5, 0.6) is 11.5 Å². The fourth-order valence-electron chi connectivity index (χ4n) is 4.47. The van der Waals surface area contributed by atoms with Crippen LogP contribution in [0.2, 0.25) is 0 Å². The van der Waals surface area contributed by atoms with E-state index in [0.717, 1.165) is 44.2 Å². The normalized spacial score (nSPS) is 15.1. The van der Waals surface area contributed by atoms with Crippen LogP contribution in [-0.4, -0.2) is 51.3 Å². The lowest BCUT2D eigenvalue weighted by atomic mass is 9.92. The first kappa shape index (κ1) is 20.5. The average Bonchev–Trinajstić information content (AvgIpc) is 3.60. The third-order valence-electron chi connectivity index (χ3n) is 6.03. The second-order valence-electron chi connectivity index (χ2n) is 8.14. The largest absolute Gasteiger partial charge is 0.483 e. The van der Waals surface area contributed by atoms with Gasteiger partial charge < -0.3 is 18.9 Å². The number of fused-ring (bicyclic) bond motifs is 2. The molecule has 0 bridgehead atoms. The molecule has 2 aliphatic heterocycles. The Morgan fingerprint density at radius 2 is 1.06 bits per heavy atom. The van der Waals surface area contributed by atoms with Gasteiger partial charge in [-0.05, 0) is 33.7 Å². The minimum Gasteiger partial charge on any atom is -0.483 e. The Morgan fingerprint density at radius 3 is 1.50 bits per heavy atom. The summed E-state index contributed by atoms with van der Waals surface area (Å²) < 4.78 is 23.8. The number of nitrogens with zero attached hydrogens (tertiary/aromatic N) is 2. The van der Waals surface area contributed by atoms with Crippen LogP contribution in [0.1, 0.15) is 0 Å². The molecule has 0 atom stereocenters. The maximum Gasteiger partial charge on any atom is 0.222 e. The van der Waals surface area contributed by atoms with E-state index in [0.29, 0.717) is 38.1 Å². The first-order valence-corrected chi connectivity index (χ1v) is 11.5. The topological polar surface area (TPSA) is 61.6 Å². The van der Waals surface area contributed by atoms with Gasteiger partial charge in [-0.25, -0.2) is 9.98 Å². The molecule has 0 aromatic heterocycles. The lowest BCUT2D eigenvalue weighted by Crippen LogP contribution is -2.13. The summed E-state index contributed by atoms with van der Waals surface area (Å²) in [6, 6.07) is 24.8. The molecule has 4 aromatic rings. The van der Waals surface area contributed by atoms with Gasteiger partial charge in [-0.1, -0.05) is 60.7 Å². The van der Waals surface area contributed by atoms with Crippen molar-refractivity contribution in [3.05, 3.63) is 72.8 Å². The van der Waals surface area contributed by atoms with E-state index >= 15 is 0 Å². The van der Waals surface area contributed by atoms with E-state index in [1.165, 1.54) is 0 Å². The van der Waals surface area contributed by atoms with Gasteiger partial charge in [0.05, 0.1) is 13.1 Å². The molecular weight excluding hydrogens is 428 g/mol. The maximum atomic E-state index is 6.31. The van der Waals surface area contributed by atoms with Crippen LogP contribution >= 0.6 is 0 Å². The molecule has 0 N–H and O–H groups in total. The highest BCUT2D eigenvalue weighted by atomic mass is 16.5. The van der Waals surface area contributed by atoms with E-state index in [1.54, 1.807) is 0 Å². The van der Waals surface area contributed by atoms with Crippen molar-refractivity contribution in [1.82, 2.24) is 0 Å². The summed E-state index contributed by atoms with van der Waals surface area (Å²) in [4.78, 5) is 8.75. The van der Waals surface area contributed by atoms with E-state index in [1.807, 2.05) is 36.4 Å². The van der Waals surface area contributed by atoms with E-state index in [2.05, 4.69) is 46.4 Å². The van der Waals surface area contributed by atoms with Gasteiger partial charge in [0.15, 0.2) is 13.2 Å². The Hall–Kier alpha value is -4.06. The number of aliphatic imine (C=N–C) groups is 2. The molecule has 2 heterocycles. The van der Waals surface area contributed by atoms with Crippen molar-refractivity contribution in [2.24, 2.45) is 9.98 Å². The minimum absolute atomic E-state index is 0.289. The fraction of sp³-hybridized carbons (Fsp3) is 0.214. The van der Waals surface area contributed by atoms with E-state index in [9.17, 15) is 0 Å². The fourth-order valence-corrected chi connectivity index (χ4v) is 4.47. The zero-order valence-corrected chi connectivity index (χ0v) is 18.7. The molecule has 0 fully saturated rings. The first-order chi connectivity index (χ1) is 16.9. The van der Waals surface area contributed by atoms with Crippen LogP contribution in [0.3, 0.4) is 0 Å². The molecule has 0 aliphatic carbocycles. The van der Waals surface area contributed by atoms with Crippen LogP contribution in [0.25, 0.3) is 32.7 Å². The molecule has 0 saturated carbocycles. The quantitative estimate of drug-likeness (QED) is 0.383. The van der Waals surface area contributed by atoms with Crippen molar-refractivity contribution in [3.8, 4) is 22.6 Å². The molecule has 34 heavy (non-hydrogen) atoms. The Kier molecular flexibility index (Phi) is 5.47.